The van der Waals surface area contributed by atoms with E-state index in [9.17, 15) is 4.79 Å². The van der Waals surface area contributed by atoms with Crippen molar-refractivity contribution in [3.8, 4) is 0 Å². The molecule has 0 spiro atoms. The second kappa shape index (κ2) is 4.25. The molecule has 0 aromatic carbocycles. The maximum Gasteiger partial charge on any atom is 0.356 e. The van der Waals surface area contributed by atoms with Gasteiger partial charge in [-0.1, -0.05) is 13.8 Å². The lowest BCUT2D eigenvalue weighted by Gasteiger charge is -2.15. The molecule has 0 aliphatic heterocycles. The Labute approximate surface area is 88.8 Å². The normalized spacial score (nSPS) is 10.5. The zero-order valence-electron chi connectivity index (χ0n) is 9.35. The molecule has 0 atom stereocenters. The van der Waals surface area contributed by atoms with Crippen LogP contribution >= 0.6 is 0 Å². The third kappa shape index (κ3) is 2.43. The minimum absolute atomic E-state index is 0.0544. The quantitative estimate of drug-likeness (QED) is 0.814. The number of rotatable bonds is 3. The summed E-state index contributed by atoms with van der Waals surface area (Å²) in [6.07, 6.45) is 1.55. The fourth-order valence-corrected chi connectivity index (χ4v) is 1.15. The number of carboxylic acids is 1. The van der Waals surface area contributed by atoms with Gasteiger partial charge in [-0.15, -0.1) is 0 Å². The summed E-state index contributed by atoms with van der Waals surface area (Å²) in [5, 5.41) is 9.00. The van der Waals surface area contributed by atoms with Crippen LogP contribution < -0.4 is 4.90 Å². The molecule has 5 heteroatoms. The molecule has 15 heavy (non-hydrogen) atoms. The van der Waals surface area contributed by atoms with Crippen molar-refractivity contribution in [2.24, 2.45) is 0 Å². The molecule has 1 N–H and O–H groups in total. The van der Waals surface area contributed by atoms with E-state index in [0.29, 0.717) is 11.5 Å². The van der Waals surface area contributed by atoms with E-state index in [-0.39, 0.29) is 11.6 Å². The van der Waals surface area contributed by atoms with Crippen molar-refractivity contribution in [1.82, 2.24) is 9.97 Å². The monoisotopic (exact) mass is 209 g/mol. The van der Waals surface area contributed by atoms with E-state index in [1.165, 1.54) is 0 Å². The summed E-state index contributed by atoms with van der Waals surface area (Å²) in [6, 6.07) is 0. The number of aromatic carboxylic acids is 1. The van der Waals surface area contributed by atoms with Crippen LogP contribution in [0.25, 0.3) is 0 Å². The van der Waals surface area contributed by atoms with Crippen LogP contribution in [-0.4, -0.2) is 35.1 Å². The van der Waals surface area contributed by atoms with Crippen LogP contribution in [0, 0.1) is 0 Å². The minimum atomic E-state index is -1.02. The molecular weight excluding hydrogens is 194 g/mol. The van der Waals surface area contributed by atoms with E-state index in [4.69, 9.17) is 5.11 Å². The smallest absolute Gasteiger partial charge is 0.356 e. The second-order valence-electron chi connectivity index (χ2n) is 3.82. The highest BCUT2D eigenvalue weighted by atomic mass is 16.4. The van der Waals surface area contributed by atoms with Crippen LogP contribution in [0.15, 0.2) is 6.20 Å². The van der Waals surface area contributed by atoms with Crippen LogP contribution in [0.1, 0.15) is 36.1 Å². The number of hydrogen-bond donors (Lipinski definition) is 1. The molecular formula is C10H15N3O2. The molecule has 82 valence electrons. The van der Waals surface area contributed by atoms with Crippen molar-refractivity contribution in [3.63, 3.8) is 0 Å². The lowest BCUT2D eigenvalue weighted by atomic mass is 10.2. The van der Waals surface area contributed by atoms with Gasteiger partial charge < -0.3 is 10.0 Å². The number of hydrogen-bond acceptors (Lipinski definition) is 4. The lowest BCUT2D eigenvalue weighted by molar-refractivity contribution is 0.0690. The van der Waals surface area contributed by atoms with Crippen LogP contribution in [-0.2, 0) is 0 Å². The van der Waals surface area contributed by atoms with Crippen LogP contribution in [0.3, 0.4) is 0 Å². The Hall–Kier alpha value is -1.65. The first-order valence-electron chi connectivity index (χ1n) is 4.71. The highest BCUT2D eigenvalue weighted by molar-refractivity contribution is 5.91. The van der Waals surface area contributed by atoms with Crippen molar-refractivity contribution in [3.05, 3.63) is 17.7 Å². The Morgan fingerprint density at radius 2 is 2.07 bits per heavy atom. The van der Waals surface area contributed by atoms with E-state index in [0.717, 1.165) is 0 Å². The van der Waals surface area contributed by atoms with Gasteiger partial charge in [-0.3, -0.25) is 0 Å². The first-order valence-corrected chi connectivity index (χ1v) is 4.71. The third-order valence-electron chi connectivity index (χ3n) is 1.99. The van der Waals surface area contributed by atoms with Gasteiger partial charge in [-0.2, -0.15) is 0 Å². The molecule has 1 heterocycles. The molecule has 5 nitrogen and oxygen atoms in total. The van der Waals surface area contributed by atoms with Crippen molar-refractivity contribution >= 4 is 11.7 Å². The average Bonchev–Trinajstić information content (AvgIpc) is 2.16. The maximum absolute atomic E-state index is 11.0. The summed E-state index contributed by atoms with van der Waals surface area (Å²) in [7, 11) is 3.53. The molecule has 0 aliphatic carbocycles. The SMILES string of the molecule is CC(C)c1ncc(N(C)C)c(C(=O)O)n1. The Morgan fingerprint density at radius 1 is 1.47 bits per heavy atom. The Kier molecular flexibility index (Phi) is 3.24. The van der Waals surface area contributed by atoms with Gasteiger partial charge in [-0.25, -0.2) is 14.8 Å². The van der Waals surface area contributed by atoms with Crippen molar-refractivity contribution < 1.29 is 9.90 Å². The van der Waals surface area contributed by atoms with E-state index in [1.807, 2.05) is 13.8 Å². The van der Waals surface area contributed by atoms with E-state index in [1.54, 1.807) is 25.2 Å². The zero-order chi connectivity index (χ0) is 11.6. The molecule has 0 unspecified atom stereocenters. The van der Waals surface area contributed by atoms with Crippen molar-refractivity contribution in [2.45, 2.75) is 19.8 Å². The van der Waals surface area contributed by atoms with Gasteiger partial charge in [0.2, 0.25) is 0 Å². The first-order chi connectivity index (χ1) is 6.93. The summed E-state index contributed by atoms with van der Waals surface area (Å²) in [5.74, 6) is -0.347. The van der Waals surface area contributed by atoms with Crippen LogP contribution in [0.2, 0.25) is 0 Å². The molecule has 0 fully saturated rings. The summed E-state index contributed by atoms with van der Waals surface area (Å²) >= 11 is 0. The predicted molar refractivity (Wildman–Crippen MR) is 57.4 cm³/mol. The van der Waals surface area contributed by atoms with Crippen LogP contribution in [0.4, 0.5) is 5.69 Å². The molecule has 0 saturated heterocycles. The van der Waals surface area contributed by atoms with Crippen LogP contribution in [0.5, 0.6) is 0 Å². The van der Waals surface area contributed by atoms with Gasteiger partial charge >= 0.3 is 5.97 Å². The second-order valence-corrected chi connectivity index (χ2v) is 3.82. The van der Waals surface area contributed by atoms with Gasteiger partial charge in [0.05, 0.1) is 11.9 Å². The van der Waals surface area contributed by atoms with Crippen molar-refractivity contribution in [1.29, 1.82) is 0 Å². The Bertz CT molecular complexity index is 375. The summed E-state index contributed by atoms with van der Waals surface area (Å²) in [6.45, 7) is 3.85. The highest BCUT2D eigenvalue weighted by Crippen LogP contribution is 2.18. The van der Waals surface area contributed by atoms with Gasteiger partial charge in [0, 0.05) is 20.0 Å². The summed E-state index contributed by atoms with van der Waals surface area (Å²) in [4.78, 5) is 20.8. The third-order valence-corrected chi connectivity index (χ3v) is 1.99. The molecule has 0 aliphatic rings. The number of carboxylic acid groups (broad SMARTS) is 1. The van der Waals surface area contributed by atoms with E-state index >= 15 is 0 Å². The molecule has 0 radical (unpaired) electrons. The predicted octanol–water partition coefficient (Wildman–Crippen LogP) is 1.36. The summed E-state index contributed by atoms with van der Waals surface area (Å²) < 4.78 is 0. The average molecular weight is 209 g/mol. The number of nitrogens with zero attached hydrogens (tertiary/aromatic N) is 3. The fourth-order valence-electron chi connectivity index (χ4n) is 1.15. The van der Waals surface area contributed by atoms with Gasteiger partial charge in [0.15, 0.2) is 5.69 Å². The standard InChI is InChI=1S/C10H15N3O2/c1-6(2)9-11-5-7(13(3)4)8(12-9)10(14)15/h5-6H,1-4H3,(H,14,15). The molecule has 1 rings (SSSR count). The minimum Gasteiger partial charge on any atom is -0.476 e. The molecule has 0 amide bonds. The largest absolute Gasteiger partial charge is 0.476 e. The lowest BCUT2D eigenvalue weighted by Crippen LogP contribution is -2.17. The van der Waals surface area contributed by atoms with E-state index in [2.05, 4.69) is 9.97 Å². The fraction of sp³-hybridized carbons (Fsp3) is 0.500. The Balaban J connectivity index is 3.27. The van der Waals surface area contributed by atoms with Crippen molar-refractivity contribution in [2.75, 3.05) is 19.0 Å². The maximum atomic E-state index is 11.0. The topological polar surface area (TPSA) is 66.3 Å². The number of anilines is 1. The number of aromatic nitrogens is 2. The molecule has 0 bridgehead atoms. The Morgan fingerprint density at radius 3 is 2.47 bits per heavy atom. The van der Waals surface area contributed by atoms with E-state index < -0.39 is 5.97 Å². The zero-order valence-corrected chi connectivity index (χ0v) is 9.35. The molecule has 1 aromatic heterocycles. The molecule has 1 aromatic rings. The highest BCUT2D eigenvalue weighted by Gasteiger charge is 2.16. The molecule has 0 saturated carbocycles. The van der Waals surface area contributed by atoms with Gasteiger partial charge in [0.1, 0.15) is 5.82 Å². The first kappa shape index (κ1) is 11.4. The summed E-state index contributed by atoms with van der Waals surface area (Å²) in [5.41, 5.74) is 0.575. The van der Waals surface area contributed by atoms with Gasteiger partial charge in [0.25, 0.3) is 0 Å². The van der Waals surface area contributed by atoms with Gasteiger partial charge in [-0.05, 0) is 0 Å². The number of carbonyl (C=O) groups is 1.